The SMILES string of the molecule is CC(C)N(CCC(=O)O)C(=O)c1cc(Cl)c2c(c1)OCO2. The van der Waals surface area contributed by atoms with Crippen molar-refractivity contribution in [1.82, 2.24) is 4.90 Å². The highest BCUT2D eigenvalue weighted by molar-refractivity contribution is 6.32. The van der Waals surface area contributed by atoms with Crippen LogP contribution in [0.4, 0.5) is 0 Å². The van der Waals surface area contributed by atoms with Gasteiger partial charge in [-0.25, -0.2) is 0 Å². The lowest BCUT2D eigenvalue weighted by Gasteiger charge is -2.26. The number of ether oxygens (including phenoxy) is 2. The topological polar surface area (TPSA) is 76.1 Å². The van der Waals surface area contributed by atoms with Crippen molar-refractivity contribution in [2.75, 3.05) is 13.3 Å². The minimum Gasteiger partial charge on any atom is -0.481 e. The molecule has 1 amide bonds. The number of carbonyl (C=O) groups excluding carboxylic acids is 1. The van der Waals surface area contributed by atoms with Crippen LogP contribution in [0.1, 0.15) is 30.6 Å². The number of amides is 1. The fourth-order valence-corrected chi connectivity index (χ4v) is 2.33. The average Bonchev–Trinajstić information content (AvgIpc) is 2.86. The number of hydrogen-bond donors (Lipinski definition) is 1. The molecule has 1 aromatic rings. The molecule has 1 aliphatic rings. The average molecular weight is 314 g/mol. The Hall–Kier alpha value is -1.95. The summed E-state index contributed by atoms with van der Waals surface area (Å²) in [6.45, 7) is 3.86. The van der Waals surface area contributed by atoms with E-state index in [0.29, 0.717) is 22.1 Å². The quantitative estimate of drug-likeness (QED) is 0.903. The lowest BCUT2D eigenvalue weighted by Crippen LogP contribution is -2.38. The minimum atomic E-state index is -0.947. The number of halogens is 1. The van der Waals surface area contributed by atoms with E-state index in [-0.39, 0.29) is 31.7 Å². The van der Waals surface area contributed by atoms with Crippen molar-refractivity contribution in [1.29, 1.82) is 0 Å². The molecule has 0 bridgehead atoms. The number of hydrogen-bond acceptors (Lipinski definition) is 4. The molecule has 0 spiro atoms. The largest absolute Gasteiger partial charge is 0.481 e. The first-order valence-electron chi connectivity index (χ1n) is 6.52. The number of nitrogens with zero attached hydrogens (tertiary/aromatic N) is 1. The zero-order valence-corrected chi connectivity index (χ0v) is 12.5. The van der Waals surface area contributed by atoms with E-state index in [0.717, 1.165) is 0 Å². The molecule has 2 rings (SSSR count). The van der Waals surface area contributed by atoms with Gasteiger partial charge in [0.15, 0.2) is 11.5 Å². The molecule has 0 saturated carbocycles. The highest BCUT2D eigenvalue weighted by Gasteiger charge is 2.24. The standard InChI is InChI=1S/C14H16ClNO5/c1-8(2)16(4-3-12(17)18)14(19)9-5-10(15)13-11(6-9)20-7-21-13/h5-6,8H,3-4,7H2,1-2H3,(H,17,18). The molecule has 0 atom stereocenters. The van der Waals surface area contributed by atoms with Crippen LogP contribution in [-0.4, -0.2) is 41.3 Å². The van der Waals surface area contributed by atoms with Crippen LogP contribution in [0.5, 0.6) is 11.5 Å². The van der Waals surface area contributed by atoms with Crippen LogP contribution in [0.3, 0.4) is 0 Å². The Morgan fingerprint density at radius 1 is 1.38 bits per heavy atom. The summed E-state index contributed by atoms with van der Waals surface area (Å²) in [6, 6.07) is 2.95. The van der Waals surface area contributed by atoms with Gasteiger partial charge >= 0.3 is 5.97 Å². The summed E-state index contributed by atoms with van der Waals surface area (Å²) in [4.78, 5) is 24.7. The number of carboxylic acid groups (broad SMARTS) is 1. The second-order valence-electron chi connectivity index (χ2n) is 4.93. The van der Waals surface area contributed by atoms with E-state index >= 15 is 0 Å². The number of aliphatic carboxylic acids is 1. The molecule has 114 valence electrons. The van der Waals surface area contributed by atoms with Crippen molar-refractivity contribution >= 4 is 23.5 Å². The minimum absolute atomic E-state index is 0.0691. The third-order valence-corrected chi connectivity index (χ3v) is 3.41. The van der Waals surface area contributed by atoms with E-state index < -0.39 is 5.97 Å². The molecular formula is C14H16ClNO5. The fraction of sp³-hybridized carbons (Fsp3) is 0.429. The molecular weight excluding hydrogens is 298 g/mol. The van der Waals surface area contributed by atoms with Crippen LogP contribution in [0.2, 0.25) is 5.02 Å². The maximum atomic E-state index is 12.5. The molecule has 0 saturated heterocycles. The molecule has 0 unspecified atom stereocenters. The van der Waals surface area contributed by atoms with Crippen LogP contribution in [-0.2, 0) is 4.79 Å². The summed E-state index contributed by atoms with van der Waals surface area (Å²) in [6.07, 6.45) is -0.109. The third kappa shape index (κ3) is 3.39. The Morgan fingerprint density at radius 3 is 2.71 bits per heavy atom. The van der Waals surface area contributed by atoms with Gasteiger partial charge in [0.1, 0.15) is 0 Å². The molecule has 7 heteroatoms. The number of benzene rings is 1. The summed E-state index contributed by atoms with van der Waals surface area (Å²) in [5, 5.41) is 9.07. The maximum absolute atomic E-state index is 12.5. The first-order valence-corrected chi connectivity index (χ1v) is 6.90. The van der Waals surface area contributed by atoms with Crippen LogP contribution in [0, 0.1) is 0 Å². The maximum Gasteiger partial charge on any atom is 0.305 e. The number of carbonyl (C=O) groups is 2. The van der Waals surface area contributed by atoms with Gasteiger partial charge in [0.25, 0.3) is 5.91 Å². The van der Waals surface area contributed by atoms with Gasteiger partial charge in [-0.1, -0.05) is 11.6 Å². The molecule has 0 aromatic heterocycles. The predicted molar refractivity (Wildman–Crippen MR) is 76.0 cm³/mol. The Bertz CT molecular complexity index is 573. The Kier molecular flexibility index (Phi) is 4.57. The first kappa shape index (κ1) is 15.4. The summed E-state index contributed by atoms with van der Waals surface area (Å²) in [7, 11) is 0. The van der Waals surface area contributed by atoms with Crippen molar-refractivity contribution in [3.63, 3.8) is 0 Å². The highest BCUT2D eigenvalue weighted by atomic mass is 35.5. The van der Waals surface area contributed by atoms with Gasteiger partial charge in [0.2, 0.25) is 6.79 Å². The van der Waals surface area contributed by atoms with Gasteiger partial charge in [0, 0.05) is 18.2 Å². The zero-order valence-electron chi connectivity index (χ0n) is 11.8. The van der Waals surface area contributed by atoms with Gasteiger partial charge in [-0.3, -0.25) is 9.59 Å². The Labute approximate surface area is 127 Å². The number of fused-ring (bicyclic) bond motifs is 1. The highest BCUT2D eigenvalue weighted by Crippen LogP contribution is 2.40. The van der Waals surface area contributed by atoms with Crippen LogP contribution >= 0.6 is 11.6 Å². The molecule has 1 N–H and O–H groups in total. The number of rotatable bonds is 5. The van der Waals surface area contributed by atoms with Crippen molar-refractivity contribution in [2.45, 2.75) is 26.3 Å². The van der Waals surface area contributed by atoms with Crippen LogP contribution < -0.4 is 9.47 Å². The van der Waals surface area contributed by atoms with Crippen molar-refractivity contribution in [2.24, 2.45) is 0 Å². The van der Waals surface area contributed by atoms with Gasteiger partial charge < -0.3 is 19.5 Å². The van der Waals surface area contributed by atoms with E-state index in [9.17, 15) is 9.59 Å². The van der Waals surface area contributed by atoms with E-state index in [1.807, 2.05) is 13.8 Å². The first-order chi connectivity index (χ1) is 9.90. The van der Waals surface area contributed by atoms with E-state index in [1.54, 1.807) is 6.07 Å². The summed E-state index contributed by atoms with van der Waals surface area (Å²) < 4.78 is 10.4. The normalized spacial score (nSPS) is 12.6. The van der Waals surface area contributed by atoms with Crippen molar-refractivity contribution in [3.8, 4) is 11.5 Å². The Balaban J connectivity index is 2.24. The van der Waals surface area contributed by atoms with E-state index in [2.05, 4.69) is 0 Å². The smallest absolute Gasteiger partial charge is 0.305 e. The second kappa shape index (κ2) is 6.22. The molecule has 6 nitrogen and oxygen atoms in total. The molecule has 1 aromatic carbocycles. The molecule has 0 radical (unpaired) electrons. The third-order valence-electron chi connectivity index (χ3n) is 3.12. The van der Waals surface area contributed by atoms with Gasteiger partial charge in [-0.15, -0.1) is 0 Å². The summed E-state index contributed by atoms with van der Waals surface area (Å²) in [5.41, 5.74) is 0.350. The van der Waals surface area contributed by atoms with Crippen molar-refractivity contribution < 1.29 is 24.2 Å². The second-order valence-corrected chi connectivity index (χ2v) is 5.34. The lowest BCUT2D eigenvalue weighted by atomic mass is 10.1. The molecule has 0 aliphatic carbocycles. The monoisotopic (exact) mass is 313 g/mol. The van der Waals surface area contributed by atoms with Gasteiger partial charge in [-0.2, -0.15) is 0 Å². The Morgan fingerprint density at radius 2 is 2.10 bits per heavy atom. The van der Waals surface area contributed by atoms with Gasteiger partial charge in [0.05, 0.1) is 11.4 Å². The summed E-state index contributed by atoms with van der Waals surface area (Å²) in [5.74, 6) is -0.383. The zero-order chi connectivity index (χ0) is 15.6. The lowest BCUT2D eigenvalue weighted by molar-refractivity contribution is -0.137. The van der Waals surface area contributed by atoms with Crippen LogP contribution in [0.25, 0.3) is 0 Å². The molecule has 21 heavy (non-hydrogen) atoms. The molecule has 0 fully saturated rings. The fourth-order valence-electron chi connectivity index (χ4n) is 2.07. The molecule has 1 aliphatic heterocycles. The van der Waals surface area contributed by atoms with E-state index in [1.165, 1.54) is 11.0 Å². The predicted octanol–water partition coefficient (Wildman–Crippen LogP) is 2.39. The van der Waals surface area contributed by atoms with E-state index in [4.69, 9.17) is 26.2 Å². The van der Waals surface area contributed by atoms with Crippen LogP contribution in [0.15, 0.2) is 12.1 Å². The van der Waals surface area contributed by atoms with Gasteiger partial charge in [-0.05, 0) is 26.0 Å². The number of carboxylic acids is 1. The molecule has 1 heterocycles. The van der Waals surface area contributed by atoms with Crippen molar-refractivity contribution in [3.05, 3.63) is 22.7 Å². The summed E-state index contributed by atoms with van der Waals surface area (Å²) >= 11 is 6.06.